The van der Waals surface area contributed by atoms with Gasteiger partial charge in [-0.2, -0.15) is 0 Å². The number of benzene rings is 2. The zero-order valence-electron chi connectivity index (χ0n) is 17.9. The number of carbonyl (C=O) groups excluding carboxylic acids is 3. The van der Waals surface area contributed by atoms with Crippen LogP contribution in [0.4, 0.5) is 11.4 Å². The number of nitrogens with zero attached hydrogens (tertiary/aromatic N) is 2. The first-order chi connectivity index (χ1) is 15.5. The highest BCUT2D eigenvalue weighted by atomic mass is 35.5. The van der Waals surface area contributed by atoms with Gasteiger partial charge in [-0.25, -0.2) is 0 Å². The molecular weight excluding hydrogens is 430 g/mol. The van der Waals surface area contributed by atoms with Gasteiger partial charge >= 0.3 is 0 Å². The summed E-state index contributed by atoms with van der Waals surface area (Å²) in [6, 6.07) is 14.5. The molecule has 2 aromatic rings. The summed E-state index contributed by atoms with van der Waals surface area (Å²) in [6.45, 7) is 1.40. The van der Waals surface area contributed by atoms with Crippen LogP contribution in [0.5, 0.6) is 5.75 Å². The minimum absolute atomic E-state index is 0.00727. The van der Waals surface area contributed by atoms with E-state index in [4.69, 9.17) is 16.3 Å². The van der Waals surface area contributed by atoms with Crippen LogP contribution in [0.1, 0.15) is 19.3 Å². The molecule has 32 heavy (non-hydrogen) atoms. The molecule has 0 spiro atoms. The average Bonchev–Trinajstić information content (AvgIpc) is 3.21. The minimum atomic E-state index is -0.344. The molecule has 3 amide bonds. The number of rotatable bonds is 5. The predicted octanol–water partition coefficient (Wildman–Crippen LogP) is 3.58. The van der Waals surface area contributed by atoms with Crippen molar-refractivity contribution in [2.75, 3.05) is 37.0 Å². The molecule has 2 aliphatic rings. The molecule has 0 radical (unpaired) electrons. The summed E-state index contributed by atoms with van der Waals surface area (Å²) >= 11 is 6.04. The van der Waals surface area contributed by atoms with Crippen molar-refractivity contribution >= 4 is 40.7 Å². The molecular formula is C24H26ClN3O4. The van der Waals surface area contributed by atoms with Crippen LogP contribution in [0.3, 0.4) is 0 Å². The number of halogens is 1. The number of hydrogen-bond donors (Lipinski definition) is 1. The number of likely N-dealkylation sites (tertiary alicyclic amines) is 1. The van der Waals surface area contributed by atoms with E-state index in [-0.39, 0.29) is 36.0 Å². The van der Waals surface area contributed by atoms with Gasteiger partial charge in [0.1, 0.15) is 5.75 Å². The normalized spacial score (nSPS) is 19.2. The highest BCUT2D eigenvalue weighted by Gasteiger charge is 2.38. The van der Waals surface area contributed by atoms with Gasteiger partial charge in [0.15, 0.2) is 0 Å². The lowest BCUT2D eigenvalue weighted by molar-refractivity contribution is -0.138. The van der Waals surface area contributed by atoms with Crippen LogP contribution in [0, 0.1) is 11.8 Å². The van der Waals surface area contributed by atoms with E-state index in [1.165, 1.54) is 7.11 Å². The summed E-state index contributed by atoms with van der Waals surface area (Å²) in [7, 11) is 1.54. The summed E-state index contributed by atoms with van der Waals surface area (Å²) in [6.07, 6.45) is 1.37. The van der Waals surface area contributed by atoms with Gasteiger partial charge in [0, 0.05) is 42.7 Å². The van der Waals surface area contributed by atoms with Crippen molar-refractivity contribution in [3.63, 3.8) is 0 Å². The first-order valence-corrected chi connectivity index (χ1v) is 11.1. The molecule has 0 bridgehead atoms. The summed E-state index contributed by atoms with van der Waals surface area (Å²) in [5.74, 6) is -0.141. The fourth-order valence-electron chi connectivity index (χ4n) is 4.36. The van der Waals surface area contributed by atoms with E-state index in [1.54, 1.807) is 28.0 Å². The number of nitrogens with one attached hydrogen (secondary N) is 1. The Kier molecular flexibility index (Phi) is 6.65. The van der Waals surface area contributed by atoms with E-state index in [2.05, 4.69) is 5.32 Å². The smallest absolute Gasteiger partial charge is 0.228 e. The lowest BCUT2D eigenvalue weighted by Gasteiger charge is -2.33. The van der Waals surface area contributed by atoms with Crippen LogP contribution in [0.15, 0.2) is 48.5 Å². The monoisotopic (exact) mass is 455 g/mol. The maximum atomic E-state index is 13.0. The fraction of sp³-hybridized carbons (Fsp3) is 0.375. The van der Waals surface area contributed by atoms with Crippen molar-refractivity contribution in [1.29, 1.82) is 0 Å². The number of carbonyl (C=O) groups is 3. The van der Waals surface area contributed by atoms with E-state index in [1.807, 2.05) is 30.3 Å². The molecule has 2 aromatic carbocycles. The molecule has 8 heteroatoms. The van der Waals surface area contributed by atoms with Crippen LogP contribution < -0.4 is 15.0 Å². The second-order valence-electron chi connectivity index (χ2n) is 8.17. The quantitative estimate of drug-likeness (QED) is 0.747. The number of para-hydroxylation sites is 1. The maximum Gasteiger partial charge on any atom is 0.228 e. The van der Waals surface area contributed by atoms with Gasteiger partial charge in [-0.3, -0.25) is 14.4 Å². The lowest BCUT2D eigenvalue weighted by Crippen LogP contribution is -2.44. The Balaban J connectivity index is 1.32. The molecule has 0 aliphatic carbocycles. The zero-order chi connectivity index (χ0) is 22.7. The van der Waals surface area contributed by atoms with E-state index in [9.17, 15) is 14.4 Å². The van der Waals surface area contributed by atoms with Gasteiger partial charge in [-0.05, 0) is 43.2 Å². The highest BCUT2D eigenvalue weighted by Crippen LogP contribution is 2.30. The number of methoxy groups -OCH3 is 1. The molecule has 2 saturated heterocycles. The molecule has 1 atom stereocenters. The second kappa shape index (κ2) is 9.61. The number of anilines is 2. The molecule has 0 saturated carbocycles. The van der Waals surface area contributed by atoms with E-state index < -0.39 is 0 Å². The fourth-order valence-corrected chi connectivity index (χ4v) is 4.54. The molecule has 2 aliphatic heterocycles. The van der Waals surface area contributed by atoms with Crippen molar-refractivity contribution in [2.45, 2.75) is 19.3 Å². The highest BCUT2D eigenvalue weighted by molar-refractivity contribution is 6.31. The maximum absolute atomic E-state index is 13.0. The van der Waals surface area contributed by atoms with Crippen molar-refractivity contribution in [3.8, 4) is 5.75 Å². The molecule has 1 N–H and O–H groups in total. The summed E-state index contributed by atoms with van der Waals surface area (Å²) < 4.78 is 5.29. The molecule has 168 valence electrons. The third kappa shape index (κ3) is 4.72. The topological polar surface area (TPSA) is 79.0 Å². The van der Waals surface area contributed by atoms with Gasteiger partial charge in [0.2, 0.25) is 17.7 Å². The molecule has 4 rings (SSSR count). The predicted molar refractivity (Wildman–Crippen MR) is 123 cm³/mol. The first-order valence-electron chi connectivity index (χ1n) is 10.7. The van der Waals surface area contributed by atoms with E-state index in [0.717, 1.165) is 5.69 Å². The van der Waals surface area contributed by atoms with Gasteiger partial charge < -0.3 is 19.9 Å². The molecule has 7 nitrogen and oxygen atoms in total. The van der Waals surface area contributed by atoms with E-state index >= 15 is 0 Å². The third-order valence-electron chi connectivity index (χ3n) is 6.14. The largest absolute Gasteiger partial charge is 0.495 e. The molecule has 2 fully saturated rings. The number of amides is 3. The Hall–Kier alpha value is -3.06. The zero-order valence-corrected chi connectivity index (χ0v) is 18.7. The van der Waals surface area contributed by atoms with Crippen LogP contribution in [0.2, 0.25) is 5.02 Å². The standard InChI is InChI=1S/C24H26ClN3O4/c1-32-21-8-7-18(25)14-20(21)26-23(30)16-9-11-27(12-10-16)24(31)17-13-22(29)28(15-17)19-5-3-2-4-6-19/h2-8,14,16-17H,9-13,15H2,1H3,(H,26,30)/t17-/m0/s1. The summed E-state index contributed by atoms with van der Waals surface area (Å²) in [4.78, 5) is 41.7. The average molecular weight is 456 g/mol. The first kappa shape index (κ1) is 22.1. The molecule has 2 heterocycles. The molecule has 0 aromatic heterocycles. The minimum Gasteiger partial charge on any atom is -0.495 e. The Morgan fingerprint density at radius 1 is 1.06 bits per heavy atom. The Morgan fingerprint density at radius 2 is 1.78 bits per heavy atom. The van der Waals surface area contributed by atoms with Crippen molar-refractivity contribution in [2.24, 2.45) is 11.8 Å². The van der Waals surface area contributed by atoms with Gasteiger partial charge in [-0.1, -0.05) is 29.8 Å². The Morgan fingerprint density at radius 3 is 2.47 bits per heavy atom. The number of ether oxygens (including phenoxy) is 1. The van der Waals surface area contributed by atoms with E-state index in [0.29, 0.717) is 48.9 Å². The number of piperidine rings is 1. The third-order valence-corrected chi connectivity index (χ3v) is 6.37. The lowest BCUT2D eigenvalue weighted by atomic mass is 9.94. The van der Waals surface area contributed by atoms with Gasteiger partial charge in [-0.15, -0.1) is 0 Å². The summed E-state index contributed by atoms with van der Waals surface area (Å²) in [5, 5.41) is 3.41. The summed E-state index contributed by atoms with van der Waals surface area (Å²) in [5.41, 5.74) is 1.36. The van der Waals surface area contributed by atoms with Crippen LogP contribution >= 0.6 is 11.6 Å². The Bertz CT molecular complexity index is 1010. The van der Waals surface area contributed by atoms with Crippen molar-refractivity contribution in [3.05, 3.63) is 53.6 Å². The SMILES string of the molecule is COc1ccc(Cl)cc1NC(=O)C1CCN(C(=O)[C@H]2CC(=O)N(c3ccccc3)C2)CC1. The van der Waals surface area contributed by atoms with Crippen LogP contribution in [-0.2, 0) is 14.4 Å². The van der Waals surface area contributed by atoms with Crippen LogP contribution in [-0.4, -0.2) is 49.4 Å². The van der Waals surface area contributed by atoms with Gasteiger partial charge in [0.25, 0.3) is 0 Å². The second-order valence-corrected chi connectivity index (χ2v) is 8.61. The van der Waals surface area contributed by atoms with Crippen molar-refractivity contribution in [1.82, 2.24) is 4.90 Å². The van der Waals surface area contributed by atoms with Crippen LogP contribution in [0.25, 0.3) is 0 Å². The van der Waals surface area contributed by atoms with Crippen molar-refractivity contribution < 1.29 is 19.1 Å². The molecule has 0 unspecified atom stereocenters. The number of hydrogen-bond acceptors (Lipinski definition) is 4. The Labute approximate surface area is 192 Å². The van der Waals surface area contributed by atoms with Gasteiger partial charge in [0.05, 0.1) is 18.7 Å².